The van der Waals surface area contributed by atoms with Crippen LogP contribution >= 0.6 is 0 Å². The van der Waals surface area contributed by atoms with Crippen LogP contribution in [0.15, 0.2) is 36.9 Å². The van der Waals surface area contributed by atoms with Crippen molar-refractivity contribution in [2.24, 2.45) is 0 Å². The monoisotopic (exact) mass is 187 g/mol. The number of hydrogen-bond acceptors (Lipinski definition) is 1. The first-order valence-electron chi connectivity index (χ1n) is 4.85. The largest absolute Gasteiger partial charge is 0.309 e. The van der Waals surface area contributed by atoms with Gasteiger partial charge in [0.05, 0.1) is 0 Å². The van der Waals surface area contributed by atoms with Gasteiger partial charge >= 0.3 is 0 Å². The normalized spacial score (nSPS) is 14.7. The van der Waals surface area contributed by atoms with Crippen molar-refractivity contribution in [3.8, 4) is 0 Å². The van der Waals surface area contributed by atoms with Gasteiger partial charge in [-0.3, -0.25) is 4.79 Å². The van der Waals surface area contributed by atoms with E-state index >= 15 is 0 Å². The number of amides is 1. The lowest BCUT2D eigenvalue weighted by molar-refractivity contribution is -0.114. The number of hydrogen-bond donors (Lipinski definition) is 0. The average Bonchev–Trinajstić information content (AvgIpc) is 2.27. The van der Waals surface area contributed by atoms with E-state index in [0.717, 1.165) is 25.1 Å². The highest BCUT2D eigenvalue weighted by molar-refractivity contribution is 6.01. The fourth-order valence-corrected chi connectivity index (χ4v) is 1.87. The maximum Gasteiger partial charge on any atom is 0.250 e. The summed E-state index contributed by atoms with van der Waals surface area (Å²) in [5.41, 5.74) is 2.30. The Morgan fingerprint density at radius 3 is 3.00 bits per heavy atom. The molecular formula is C12H13NO. The number of para-hydroxylation sites is 1. The van der Waals surface area contributed by atoms with Gasteiger partial charge in [0, 0.05) is 12.2 Å². The van der Waals surface area contributed by atoms with Gasteiger partial charge < -0.3 is 4.90 Å². The smallest absolute Gasteiger partial charge is 0.250 e. The molecule has 0 saturated carbocycles. The van der Waals surface area contributed by atoms with Gasteiger partial charge in [0.2, 0.25) is 5.91 Å². The van der Waals surface area contributed by atoms with E-state index in [2.05, 4.69) is 12.6 Å². The molecule has 1 amide bonds. The lowest BCUT2D eigenvalue weighted by Gasteiger charge is -2.28. The molecule has 1 aromatic carbocycles. The third kappa shape index (κ3) is 1.43. The highest BCUT2D eigenvalue weighted by Crippen LogP contribution is 2.26. The number of carbonyl (C=O) groups excluding carboxylic acids is 1. The van der Waals surface area contributed by atoms with E-state index < -0.39 is 0 Å². The van der Waals surface area contributed by atoms with E-state index in [-0.39, 0.29) is 5.91 Å². The number of aryl methyl sites for hydroxylation is 1. The van der Waals surface area contributed by atoms with Crippen molar-refractivity contribution in [3.63, 3.8) is 0 Å². The van der Waals surface area contributed by atoms with E-state index in [1.54, 1.807) is 4.90 Å². The SMILES string of the molecule is C=CC(=O)N1CCCc2ccccc21. The molecular weight excluding hydrogens is 174 g/mol. The summed E-state index contributed by atoms with van der Waals surface area (Å²) in [6.45, 7) is 4.32. The summed E-state index contributed by atoms with van der Waals surface area (Å²) in [6.07, 6.45) is 3.48. The van der Waals surface area contributed by atoms with Crippen molar-refractivity contribution < 1.29 is 4.79 Å². The molecule has 0 spiro atoms. The molecule has 2 heteroatoms. The third-order valence-electron chi connectivity index (χ3n) is 2.55. The maximum atomic E-state index is 11.5. The van der Waals surface area contributed by atoms with Gasteiger partial charge in [-0.05, 0) is 30.5 Å². The second-order valence-electron chi connectivity index (χ2n) is 3.43. The summed E-state index contributed by atoms with van der Waals surface area (Å²) in [5, 5.41) is 0. The first-order chi connectivity index (χ1) is 6.83. The van der Waals surface area contributed by atoms with Crippen molar-refractivity contribution in [3.05, 3.63) is 42.5 Å². The first-order valence-corrected chi connectivity index (χ1v) is 4.85. The van der Waals surface area contributed by atoms with Crippen LogP contribution in [0.5, 0.6) is 0 Å². The molecule has 2 nitrogen and oxygen atoms in total. The van der Waals surface area contributed by atoms with Gasteiger partial charge in [-0.25, -0.2) is 0 Å². The molecule has 0 saturated heterocycles. The van der Waals surface area contributed by atoms with Gasteiger partial charge in [-0.15, -0.1) is 0 Å². The summed E-state index contributed by atoms with van der Waals surface area (Å²) in [6, 6.07) is 8.06. The molecule has 0 bridgehead atoms. The minimum Gasteiger partial charge on any atom is -0.309 e. The van der Waals surface area contributed by atoms with Crippen molar-refractivity contribution >= 4 is 11.6 Å². The Morgan fingerprint density at radius 2 is 2.21 bits per heavy atom. The van der Waals surface area contributed by atoms with Crippen LogP contribution in [-0.4, -0.2) is 12.5 Å². The fourth-order valence-electron chi connectivity index (χ4n) is 1.87. The first kappa shape index (κ1) is 9.00. The Hall–Kier alpha value is -1.57. The standard InChI is InChI=1S/C12H13NO/c1-2-12(14)13-9-5-7-10-6-3-4-8-11(10)13/h2-4,6,8H,1,5,7,9H2. The molecule has 1 aromatic rings. The van der Waals surface area contributed by atoms with Gasteiger partial charge in [-0.1, -0.05) is 24.8 Å². The Balaban J connectivity index is 2.40. The molecule has 1 aliphatic heterocycles. The van der Waals surface area contributed by atoms with Gasteiger partial charge in [0.1, 0.15) is 0 Å². The fraction of sp³-hybridized carbons (Fsp3) is 0.250. The second-order valence-corrected chi connectivity index (χ2v) is 3.43. The molecule has 0 radical (unpaired) electrons. The van der Waals surface area contributed by atoms with E-state index in [1.165, 1.54) is 11.6 Å². The van der Waals surface area contributed by atoms with E-state index in [4.69, 9.17) is 0 Å². The number of fused-ring (bicyclic) bond motifs is 1. The molecule has 0 unspecified atom stereocenters. The maximum absolute atomic E-state index is 11.5. The van der Waals surface area contributed by atoms with Crippen molar-refractivity contribution in [2.45, 2.75) is 12.8 Å². The van der Waals surface area contributed by atoms with E-state index in [1.807, 2.05) is 18.2 Å². The number of benzene rings is 1. The zero-order valence-electron chi connectivity index (χ0n) is 8.07. The lowest BCUT2D eigenvalue weighted by atomic mass is 10.0. The molecule has 0 atom stereocenters. The lowest BCUT2D eigenvalue weighted by Crippen LogP contribution is -2.33. The second kappa shape index (κ2) is 3.66. The van der Waals surface area contributed by atoms with Crippen LogP contribution in [0.1, 0.15) is 12.0 Å². The molecule has 72 valence electrons. The predicted octanol–water partition coefficient (Wildman–Crippen LogP) is 2.15. The Morgan fingerprint density at radius 1 is 1.43 bits per heavy atom. The summed E-state index contributed by atoms with van der Waals surface area (Å²) < 4.78 is 0. The topological polar surface area (TPSA) is 20.3 Å². The molecule has 1 aliphatic rings. The molecule has 1 heterocycles. The van der Waals surface area contributed by atoms with Crippen LogP contribution in [0.4, 0.5) is 5.69 Å². The van der Waals surface area contributed by atoms with Crippen LogP contribution in [0.2, 0.25) is 0 Å². The Kier molecular flexibility index (Phi) is 2.35. The highest BCUT2D eigenvalue weighted by atomic mass is 16.2. The van der Waals surface area contributed by atoms with Crippen molar-refractivity contribution in [2.75, 3.05) is 11.4 Å². The quantitative estimate of drug-likeness (QED) is 0.617. The zero-order valence-corrected chi connectivity index (χ0v) is 8.07. The Labute approximate surface area is 83.8 Å². The molecule has 14 heavy (non-hydrogen) atoms. The number of anilines is 1. The highest BCUT2D eigenvalue weighted by Gasteiger charge is 2.19. The minimum absolute atomic E-state index is 0.00264. The Bertz CT molecular complexity index is 370. The van der Waals surface area contributed by atoms with Crippen LogP contribution < -0.4 is 4.90 Å². The number of nitrogens with zero attached hydrogens (tertiary/aromatic N) is 1. The molecule has 0 N–H and O–H groups in total. The number of carbonyl (C=O) groups is 1. The summed E-state index contributed by atoms with van der Waals surface area (Å²) in [4.78, 5) is 13.3. The van der Waals surface area contributed by atoms with Crippen LogP contribution in [-0.2, 0) is 11.2 Å². The van der Waals surface area contributed by atoms with Crippen LogP contribution in [0, 0.1) is 0 Å². The van der Waals surface area contributed by atoms with Crippen molar-refractivity contribution in [1.82, 2.24) is 0 Å². The predicted molar refractivity (Wildman–Crippen MR) is 57.3 cm³/mol. The minimum atomic E-state index is -0.00264. The van der Waals surface area contributed by atoms with Gasteiger partial charge in [-0.2, -0.15) is 0 Å². The van der Waals surface area contributed by atoms with Gasteiger partial charge in [0.25, 0.3) is 0 Å². The zero-order chi connectivity index (χ0) is 9.97. The van der Waals surface area contributed by atoms with Gasteiger partial charge in [0.15, 0.2) is 0 Å². The van der Waals surface area contributed by atoms with E-state index in [0.29, 0.717) is 0 Å². The molecule has 0 fully saturated rings. The summed E-state index contributed by atoms with van der Waals surface area (Å²) in [7, 11) is 0. The third-order valence-corrected chi connectivity index (χ3v) is 2.55. The summed E-state index contributed by atoms with van der Waals surface area (Å²) >= 11 is 0. The molecule has 0 aromatic heterocycles. The summed E-state index contributed by atoms with van der Waals surface area (Å²) in [5.74, 6) is -0.00264. The number of rotatable bonds is 1. The van der Waals surface area contributed by atoms with Crippen LogP contribution in [0.3, 0.4) is 0 Å². The molecule has 2 rings (SSSR count). The van der Waals surface area contributed by atoms with E-state index in [9.17, 15) is 4.79 Å². The average molecular weight is 187 g/mol. The molecule has 0 aliphatic carbocycles. The van der Waals surface area contributed by atoms with Crippen molar-refractivity contribution in [1.29, 1.82) is 0 Å². The van der Waals surface area contributed by atoms with Crippen LogP contribution in [0.25, 0.3) is 0 Å².